The van der Waals surface area contributed by atoms with Gasteiger partial charge in [0.15, 0.2) is 5.65 Å². The van der Waals surface area contributed by atoms with E-state index in [0.717, 1.165) is 22.4 Å². The van der Waals surface area contributed by atoms with Gasteiger partial charge in [0.25, 0.3) is 0 Å². The summed E-state index contributed by atoms with van der Waals surface area (Å²) in [7, 11) is 0. The summed E-state index contributed by atoms with van der Waals surface area (Å²) in [5.41, 5.74) is 1.73. The molecule has 0 spiro atoms. The number of hydrogen-bond donors (Lipinski definition) is 2. The Kier molecular flexibility index (Phi) is 4.63. The summed E-state index contributed by atoms with van der Waals surface area (Å²) in [4.78, 5) is 4.54. The molecular weight excluding hydrogens is 356 g/mol. The van der Waals surface area contributed by atoms with Crippen molar-refractivity contribution in [1.29, 1.82) is 0 Å². The smallest absolute Gasteiger partial charge is 0.171 e. The average Bonchev–Trinajstić information content (AvgIpc) is 2.95. The monoisotopic (exact) mass is 374 g/mol. The Labute approximate surface area is 143 Å². The summed E-state index contributed by atoms with van der Waals surface area (Å²) in [6, 6.07) is 12.1. The van der Waals surface area contributed by atoms with E-state index in [0.29, 0.717) is 6.54 Å². The zero-order valence-corrected chi connectivity index (χ0v) is 14.5. The van der Waals surface area contributed by atoms with Crippen LogP contribution in [0.2, 0.25) is 0 Å². The number of aliphatic hydroxyl groups is 1. The van der Waals surface area contributed by atoms with E-state index >= 15 is 0 Å². The normalized spacial score (nSPS) is 13.9. The lowest BCUT2D eigenvalue weighted by Gasteiger charge is -2.28. The molecule has 3 aromatic rings. The van der Waals surface area contributed by atoms with Crippen molar-refractivity contribution in [2.24, 2.45) is 5.41 Å². The fourth-order valence-corrected chi connectivity index (χ4v) is 2.87. The Hall–Kier alpha value is -1.92. The molecule has 0 aliphatic carbocycles. The third-order valence-corrected chi connectivity index (χ3v) is 4.44. The van der Waals surface area contributed by atoms with E-state index < -0.39 is 0 Å². The molecular formula is C17H19BrN4O. The predicted octanol–water partition coefficient (Wildman–Crippen LogP) is 3.15. The van der Waals surface area contributed by atoms with Gasteiger partial charge in [-0.1, -0.05) is 37.3 Å². The van der Waals surface area contributed by atoms with E-state index in [9.17, 15) is 5.11 Å². The van der Waals surface area contributed by atoms with Gasteiger partial charge in [-0.05, 0) is 34.0 Å². The first-order valence-corrected chi connectivity index (χ1v) is 8.27. The molecule has 5 nitrogen and oxygen atoms in total. The molecule has 2 N–H and O–H groups in total. The highest BCUT2D eigenvalue weighted by molar-refractivity contribution is 9.10. The van der Waals surface area contributed by atoms with Crippen molar-refractivity contribution in [2.45, 2.75) is 13.3 Å². The molecule has 0 bridgehead atoms. The Bertz CT molecular complexity index is 790. The van der Waals surface area contributed by atoms with Crippen molar-refractivity contribution in [2.75, 3.05) is 18.5 Å². The number of hydrogen-bond acceptors (Lipinski definition) is 4. The number of aromatic nitrogens is 3. The number of benzene rings is 1. The van der Waals surface area contributed by atoms with Crippen molar-refractivity contribution >= 4 is 27.4 Å². The van der Waals surface area contributed by atoms with Crippen LogP contribution < -0.4 is 5.32 Å². The molecule has 6 heteroatoms. The Morgan fingerprint density at radius 1 is 1.26 bits per heavy atom. The number of halogens is 1. The molecule has 0 fully saturated rings. The SMILES string of the molecule is CC(CO)(CNc1ccn2ncc(Br)c2n1)Cc1ccccc1. The summed E-state index contributed by atoms with van der Waals surface area (Å²) < 4.78 is 2.57. The number of nitrogens with one attached hydrogen (secondary N) is 1. The van der Waals surface area contributed by atoms with Crippen molar-refractivity contribution in [3.63, 3.8) is 0 Å². The van der Waals surface area contributed by atoms with Gasteiger partial charge in [-0.3, -0.25) is 0 Å². The zero-order valence-electron chi connectivity index (χ0n) is 12.9. The maximum absolute atomic E-state index is 9.83. The minimum Gasteiger partial charge on any atom is -0.396 e. The number of fused-ring (bicyclic) bond motifs is 1. The van der Waals surface area contributed by atoms with Crippen LogP contribution in [0, 0.1) is 5.41 Å². The topological polar surface area (TPSA) is 62.5 Å². The lowest BCUT2D eigenvalue weighted by molar-refractivity contribution is 0.153. The van der Waals surface area contributed by atoms with Crippen LogP contribution in [0.5, 0.6) is 0 Å². The number of aliphatic hydroxyl groups excluding tert-OH is 1. The zero-order chi connectivity index (χ0) is 16.3. The van der Waals surface area contributed by atoms with Gasteiger partial charge in [0, 0.05) is 18.2 Å². The predicted molar refractivity (Wildman–Crippen MR) is 94.5 cm³/mol. The maximum atomic E-state index is 9.83. The Balaban J connectivity index is 1.72. The molecule has 1 atom stereocenters. The molecule has 0 amide bonds. The second kappa shape index (κ2) is 6.68. The summed E-state index contributed by atoms with van der Waals surface area (Å²) in [6.07, 6.45) is 4.39. The maximum Gasteiger partial charge on any atom is 0.171 e. The van der Waals surface area contributed by atoms with Gasteiger partial charge < -0.3 is 10.4 Å². The van der Waals surface area contributed by atoms with Gasteiger partial charge in [-0.25, -0.2) is 9.50 Å². The first-order chi connectivity index (χ1) is 11.1. The van der Waals surface area contributed by atoms with Crippen LogP contribution in [0.4, 0.5) is 5.82 Å². The van der Waals surface area contributed by atoms with E-state index in [4.69, 9.17) is 0 Å². The van der Waals surface area contributed by atoms with Crippen LogP contribution in [0.25, 0.3) is 5.65 Å². The second-order valence-electron chi connectivity index (χ2n) is 6.06. The van der Waals surface area contributed by atoms with Crippen LogP contribution in [0.15, 0.2) is 53.3 Å². The van der Waals surface area contributed by atoms with Gasteiger partial charge in [-0.15, -0.1) is 0 Å². The standard InChI is InChI=1S/C17H19BrN4O/c1-17(12-23,9-13-5-3-2-4-6-13)11-19-15-7-8-22-16(21-15)14(18)10-20-22/h2-8,10,23H,9,11-12H2,1H3,(H,19,21). The number of anilines is 1. The van der Waals surface area contributed by atoms with Gasteiger partial charge >= 0.3 is 0 Å². The number of rotatable bonds is 6. The molecule has 0 radical (unpaired) electrons. The van der Waals surface area contributed by atoms with Gasteiger partial charge in [0.05, 0.1) is 17.3 Å². The third kappa shape index (κ3) is 3.71. The van der Waals surface area contributed by atoms with Crippen molar-refractivity contribution in [3.8, 4) is 0 Å². The molecule has 1 unspecified atom stereocenters. The largest absolute Gasteiger partial charge is 0.396 e. The first kappa shape index (κ1) is 16.0. The lowest BCUT2D eigenvalue weighted by atomic mass is 9.84. The molecule has 3 rings (SSSR count). The molecule has 23 heavy (non-hydrogen) atoms. The minimum atomic E-state index is -0.257. The molecule has 2 aromatic heterocycles. The number of nitrogens with zero attached hydrogens (tertiary/aromatic N) is 3. The molecule has 0 aliphatic heterocycles. The highest BCUT2D eigenvalue weighted by atomic mass is 79.9. The van der Waals surface area contributed by atoms with Crippen LogP contribution in [0.1, 0.15) is 12.5 Å². The molecule has 0 saturated carbocycles. The fourth-order valence-electron chi connectivity index (χ4n) is 2.51. The summed E-state index contributed by atoms with van der Waals surface area (Å²) in [5.74, 6) is 0.770. The van der Waals surface area contributed by atoms with Crippen LogP contribution >= 0.6 is 15.9 Å². The lowest BCUT2D eigenvalue weighted by Crippen LogP contribution is -2.33. The third-order valence-electron chi connectivity index (χ3n) is 3.88. The van der Waals surface area contributed by atoms with Gasteiger partial charge in [0.2, 0.25) is 0 Å². The van der Waals surface area contributed by atoms with Gasteiger partial charge in [-0.2, -0.15) is 5.10 Å². The van der Waals surface area contributed by atoms with E-state index in [1.807, 2.05) is 30.5 Å². The minimum absolute atomic E-state index is 0.105. The van der Waals surface area contributed by atoms with Crippen molar-refractivity contribution < 1.29 is 5.11 Å². The summed E-state index contributed by atoms with van der Waals surface area (Å²) in [5, 5.41) is 17.3. The summed E-state index contributed by atoms with van der Waals surface area (Å²) >= 11 is 3.44. The quantitative estimate of drug-likeness (QED) is 0.695. The molecule has 2 heterocycles. The molecule has 120 valence electrons. The van der Waals surface area contributed by atoms with Crippen LogP contribution in [0.3, 0.4) is 0 Å². The second-order valence-corrected chi connectivity index (χ2v) is 6.91. The van der Waals surface area contributed by atoms with E-state index in [2.05, 4.69) is 50.4 Å². The van der Waals surface area contributed by atoms with E-state index in [1.165, 1.54) is 5.56 Å². The van der Waals surface area contributed by atoms with Gasteiger partial charge in [0.1, 0.15) is 5.82 Å². The first-order valence-electron chi connectivity index (χ1n) is 7.48. The molecule has 1 aromatic carbocycles. The highest BCUT2D eigenvalue weighted by Gasteiger charge is 2.24. The highest BCUT2D eigenvalue weighted by Crippen LogP contribution is 2.23. The van der Waals surface area contributed by atoms with Crippen LogP contribution in [-0.4, -0.2) is 32.9 Å². The Morgan fingerprint density at radius 2 is 2.04 bits per heavy atom. The average molecular weight is 375 g/mol. The van der Waals surface area contributed by atoms with E-state index in [-0.39, 0.29) is 12.0 Å². The van der Waals surface area contributed by atoms with Crippen molar-refractivity contribution in [1.82, 2.24) is 14.6 Å². The van der Waals surface area contributed by atoms with Crippen molar-refractivity contribution in [3.05, 3.63) is 58.8 Å². The molecule has 0 saturated heterocycles. The molecule has 0 aliphatic rings. The Morgan fingerprint density at radius 3 is 2.78 bits per heavy atom. The van der Waals surface area contributed by atoms with Crippen LogP contribution in [-0.2, 0) is 6.42 Å². The fraction of sp³-hybridized carbons (Fsp3) is 0.294. The summed E-state index contributed by atoms with van der Waals surface area (Å²) in [6.45, 7) is 2.81. The van der Waals surface area contributed by atoms with E-state index in [1.54, 1.807) is 10.7 Å².